The predicted octanol–water partition coefficient (Wildman–Crippen LogP) is 1.92. The first kappa shape index (κ1) is 18.3. The lowest BCUT2D eigenvalue weighted by Gasteiger charge is -2.30. The van der Waals surface area contributed by atoms with Crippen molar-refractivity contribution in [3.8, 4) is 0 Å². The minimum absolute atomic E-state index is 0.204. The highest BCUT2D eigenvalue weighted by atomic mass is 16.6. The van der Waals surface area contributed by atoms with Gasteiger partial charge >= 0.3 is 5.97 Å². The third-order valence-corrected chi connectivity index (χ3v) is 4.02. The topological polar surface area (TPSA) is 133 Å². The number of ether oxygens (including phenoxy) is 1. The Morgan fingerprint density at radius 3 is 2.36 bits per heavy atom. The normalized spacial score (nSPS) is 14.8. The SMILES string of the molecule is CCOC(=O)C1CCN(C(=O)c2ccc([N+](=O)[O-])cc2[N+](=O)[O-])CC1. The quantitative estimate of drug-likeness (QED) is 0.449. The number of hydrogen-bond acceptors (Lipinski definition) is 7. The molecule has 0 unspecified atom stereocenters. The van der Waals surface area contributed by atoms with Crippen LogP contribution in [0.25, 0.3) is 0 Å². The number of rotatable bonds is 5. The third kappa shape index (κ3) is 4.08. The van der Waals surface area contributed by atoms with Crippen molar-refractivity contribution in [1.29, 1.82) is 0 Å². The fraction of sp³-hybridized carbons (Fsp3) is 0.467. The van der Waals surface area contributed by atoms with Crippen molar-refractivity contribution >= 4 is 23.3 Å². The van der Waals surface area contributed by atoms with Crippen LogP contribution >= 0.6 is 0 Å². The summed E-state index contributed by atoms with van der Waals surface area (Å²) in [6, 6.07) is 2.93. The first-order valence-electron chi connectivity index (χ1n) is 7.73. The molecule has 0 N–H and O–H groups in total. The lowest BCUT2D eigenvalue weighted by molar-refractivity contribution is -0.394. The summed E-state index contributed by atoms with van der Waals surface area (Å²) in [5.41, 5.74) is -1.26. The van der Waals surface area contributed by atoms with Crippen LogP contribution in [0, 0.1) is 26.1 Å². The molecule has 134 valence electrons. The molecule has 1 fully saturated rings. The van der Waals surface area contributed by atoms with Crippen LogP contribution in [-0.2, 0) is 9.53 Å². The molecule has 10 nitrogen and oxygen atoms in total. The number of nitro groups is 2. The maximum Gasteiger partial charge on any atom is 0.309 e. The highest BCUT2D eigenvalue weighted by Gasteiger charge is 2.32. The zero-order valence-electron chi connectivity index (χ0n) is 13.5. The Kier molecular flexibility index (Phi) is 5.63. The number of likely N-dealkylation sites (tertiary alicyclic amines) is 1. The molecular formula is C15H17N3O7. The van der Waals surface area contributed by atoms with Crippen molar-refractivity contribution in [2.45, 2.75) is 19.8 Å². The van der Waals surface area contributed by atoms with Gasteiger partial charge in [0.15, 0.2) is 0 Å². The standard InChI is InChI=1S/C15H17N3O7/c1-2-25-15(20)10-5-7-16(8-6-10)14(19)12-4-3-11(17(21)22)9-13(12)18(23)24/h3-4,9-10H,2,5-8H2,1H3. The summed E-state index contributed by atoms with van der Waals surface area (Å²) in [4.78, 5) is 46.0. The molecule has 1 aromatic carbocycles. The number of carbonyl (C=O) groups is 2. The second kappa shape index (κ2) is 7.69. The first-order chi connectivity index (χ1) is 11.8. The maximum atomic E-state index is 12.5. The summed E-state index contributed by atoms with van der Waals surface area (Å²) in [5, 5.41) is 21.9. The van der Waals surface area contributed by atoms with Crippen LogP contribution < -0.4 is 0 Å². The summed E-state index contributed by atoms with van der Waals surface area (Å²) in [6.45, 7) is 2.52. The van der Waals surface area contributed by atoms with Crippen LogP contribution in [0.4, 0.5) is 11.4 Å². The van der Waals surface area contributed by atoms with E-state index in [9.17, 15) is 29.8 Å². The molecule has 2 rings (SSSR count). The molecule has 0 aliphatic carbocycles. The van der Waals surface area contributed by atoms with Gasteiger partial charge in [-0.05, 0) is 25.8 Å². The number of non-ortho nitro benzene ring substituents is 1. The van der Waals surface area contributed by atoms with Crippen LogP contribution in [0.2, 0.25) is 0 Å². The van der Waals surface area contributed by atoms with Crippen molar-refractivity contribution in [2.75, 3.05) is 19.7 Å². The molecule has 1 aromatic rings. The zero-order valence-corrected chi connectivity index (χ0v) is 13.5. The van der Waals surface area contributed by atoms with Gasteiger partial charge < -0.3 is 9.64 Å². The monoisotopic (exact) mass is 351 g/mol. The molecule has 1 amide bonds. The van der Waals surface area contributed by atoms with E-state index in [-0.39, 0.29) is 37.1 Å². The minimum atomic E-state index is -0.814. The summed E-state index contributed by atoms with van der Waals surface area (Å²) >= 11 is 0. The van der Waals surface area contributed by atoms with Gasteiger partial charge in [0.1, 0.15) is 5.56 Å². The molecule has 1 saturated heterocycles. The lowest BCUT2D eigenvalue weighted by Crippen LogP contribution is -2.40. The second-order valence-corrected chi connectivity index (χ2v) is 5.53. The molecule has 0 aromatic heterocycles. The summed E-state index contributed by atoms with van der Waals surface area (Å²) < 4.78 is 4.95. The number of esters is 1. The number of benzene rings is 1. The first-order valence-corrected chi connectivity index (χ1v) is 7.73. The number of nitro benzene ring substituents is 2. The van der Waals surface area contributed by atoms with Gasteiger partial charge in [-0.1, -0.05) is 0 Å². The fourth-order valence-corrected chi connectivity index (χ4v) is 2.71. The molecule has 25 heavy (non-hydrogen) atoms. The Morgan fingerprint density at radius 1 is 1.20 bits per heavy atom. The van der Waals surface area contributed by atoms with E-state index in [1.54, 1.807) is 6.92 Å². The van der Waals surface area contributed by atoms with E-state index in [1.165, 1.54) is 4.90 Å². The Labute approximate surface area is 142 Å². The van der Waals surface area contributed by atoms with E-state index < -0.39 is 27.1 Å². The van der Waals surface area contributed by atoms with Crippen molar-refractivity contribution < 1.29 is 24.2 Å². The highest BCUT2D eigenvalue weighted by Crippen LogP contribution is 2.27. The van der Waals surface area contributed by atoms with E-state index >= 15 is 0 Å². The Balaban J connectivity index is 2.15. The Bertz CT molecular complexity index is 711. The van der Waals surface area contributed by atoms with E-state index in [4.69, 9.17) is 4.74 Å². The molecule has 0 spiro atoms. The Morgan fingerprint density at radius 2 is 1.84 bits per heavy atom. The average Bonchev–Trinajstić information content (AvgIpc) is 2.60. The number of nitrogens with zero attached hydrogens (tertiary/aromatic N) is 3. The second-order valence-electron chi connectivity index (χ2n) is 5.53. The summed E-state index contributed by atoms with van der Waals surface area (Å²) in [5.74, 6) is -1.18. The highest BCUT2D eigenvalue weighted by molar-refractivity contribution is 5.98. The molecule has 1 heterocycles. The van der Waals surface area contributed by atoms with Crippen molar-refractivity contribution in [1.82, 2.24) is 4.90 Å². The van der Waals surface area contributed by atoms with E-state index in [0.29, 0.717) is 12.8 Å². The lowest BCUT2D eigenvalue weighted by atomic mass is 9.96. The smallest absolute Gasteiger partial charge is 0.309 e. The largest absolute Gasteiger partial charge is 0.466 e. The molecule has 0 saturated carbocycles. The average molecular weight is 351 g/mol. The number of carbonyl (C=O) groups excluding carboxylic acids is 2. The van der Waals surface area contributed by atoms with E-state index in [2.05, 4.69) is 0 Å². The van der Waals surface area contributed by atoms with Gasteiger partial charge in [0, 0.05) is 19.2 Å². The molecule has 1 aliphatic rings. The van der Waals surface area contributed by atoms with Crippen LogP contribution in [0.15, 0.2) is 18.2 Å². The molecule has 0 bridgehead atoms. The van der Waals surface area contributed by atoms with Gasteiger partial charge in [0.25, 0.3) is 17.3 Å². The van der Waals surface area contributed by atoms with Crippen molar-refractivity contribution in [2.24, 2.45) is 5.92 Å². The van der Waals surface area contributed by atoms with Crippen LogP contribution in [0.3, 0.4) is 0 Å². The fourth-order valence-electron chi connectivity index (χ4n) is 2.71. The van der Waals surface area contributed by atoms with Gasteiger partial charge in [-0.25, -0.2) is 0 Å². The summed E-state index contributed by atoms with van der Waals surface area (Å²) in [6.07, 6.45) is 0.816. The maximum absolute atomic E-state index is 12.5. The van der Waals surface area contributed by atoms with Gasteiger partial charge in [-0.3, -0.25) is 29.8 Å². The predicted molar refractivity (Wildman–Crippen MR) is 85.0 cm³/mol. The van der Waals surface area contributed by atoms with Crippen molar-refractivity contribution in [3.63, 3.8) is 0 Å². The van der Waals surface area contributed by atoms with Gasteiger partial charge in [0.05, 0.1) is 28.4 Å². The molecule has 0 radical (unpaired) electrons. The van der Waals surface area contributed by atoms with Crippen LogP contribution in [0.1, 0.15) is 30.1 Å². The minimum Gasteiger partial charge on any atom is -0.466 e. The molecule has 10 heteroatoms. The Hall–Kier alpha value is -3.04. The van der Waals surface area contributed by atoms with Gasteiger partial charge in [0.2, 0.25) is 0 Å². The number of piperidine rings is 1. The van der Waals surface area contributed by atoms with E-state index in [0.717, 1.165) is 18.2 Å². The third-order valence-electron chi connectivity index (χ3n) is 4.02. The van der Waals surface area contributed by atoms with Crippen molar-refractivity contribution in [3.05, 3.63) is 44.0 Å². The van der Waals surface area contributed by atoms with E-state index in [1.807, 2.05) is 0 Å². The van der Waals surface area contributed by atoms with Gasteiger partial charge in [-0.15, -0.1) is 0 Å². The molecule has 1 aliphatic heterocycles. The zero-order chi connectivity index (χ0) is 18.6. The van der Waals surface area contributed by atoms with Crippen LogP contribution in [-0.4, -0.2) is 46.3 Å². The van der Waals surface area contributed by atoms with Gasteiger partial charge in [-0.2, -0.15) is 0 Å². The molecular weight excluding hydrogens is 334 g/mol. The van der Waals surface area contributed by atoms with Crippen LogP contribution in [0.5, 0.6) is 0 Å². The number of hydrogen-bond donors (Lipinski definition) is 0. The summed E-state index contributed by atoms with van der Waals surface area (Å²) in [7, 11) is 0. The molecule has 0 atom stereocenters. The number of amides is 1.